The van der Waals surface area contributed by atoms with E-state index in [9.17, 15) is 4.79 Å². The molecular formula is C11H12O3. The van der Waals surface area contributed by atoms with Crippen LogP contribution < -0.4 is 4.74 Å². The van der Waals surface area contributed by atoms with Crippen molar-refractivity contribution in [2.75, 3.05) is 0 Å². The lowest BCUT2D eigenvalue weighted by Gasteiger charge is -2.14. The zero-order chi connectivity index (χ0) is 10.4. The summed E-state index contributed by atoms with van der Waals surface area (Å²) in [6.07, 6.45) is 0.698. The maximum atomic E-state index is 10.7. The van der Waals surface area contributed by atoms with Crippen LogP contribution in [0.3, 0.4) is 0 Å². The number of ether oxygens (including phenoxy) is 2. The summed E-state index contributed by atoms with van der Waals surface area (Å²) in [7, 11) is 0. The fourth-order valence-corrected chi connectivity index (χ4v) is 0.917. The van der Waals surface area contributed by atoms with Crippen molar-refractivity contribution in [3.63, 3.8) is 0 Å². The number of carbonyl (C=O) groups excluding carboxylic acids is 1. The number of hydrogen-bond donors (Lipinski definition) is 0. The molecule has 0 aliphatic heterocycles. The largest absolute Gasteiger partial charge is 0.451 e. The van der Waals surface area contributed by atoms with E-state index in [1.807, 2.05) is 18.2 Å². The highest BCUT2D eigenvalue weighted by Crippen LogP contribution is 2.11. The van der Waals surface area contributed by atoms with Crippen LogP contribution in [-0.4, -0.2) is 12.3 Å². The van der Waals surface area contributed by atoms with Crippen LogP contribution in [0.15, 0.2) is 43.0 Å². The van der Waals surface area contributed by atoms with E-state index in [0.29, 0.717) is 5.75 Å². The molecule has 0 N–H and O–H groups in total. The second-order valence-corrected chi connectivity index (χ2v) is 2.64. The number of esters is 1. The molecule has 0 aliphatic rings. The molecule has 1 rings (SSSR count). The van der Waals surface area contributed by atoms with Crippen molar-refractivity contribution >= 4 is 5.97 Å². The monoisotopic (exact) mass is 192 g/mol. The minimum Gasteiger partial charge on any atom is -0.451 e. The van der Waals surface area contributed by atoms with Gasteiger partial charge in [-0.05, 0) is 18.2 Å². The maximum Gasteiger partial charge on any atom is 0.305 e. The Hall–Kier alpha value is -1.77. The molecule has 0 amide bonds. The Labute approximate surface area is 83.0 Å². The van der Waals surface area contributed by atoms with Crippen molar-refractivity contribution in [1.29, 1.82) is 0 Å². The van der Waals surface area contributed by atoms with Gasteiger partial charge >= 0.3 is 5.97 Å². The average molecular weight is 192 g/mol. The topological polar surface area (TPSA) is 35.5 Å². The molecule has 0 bridgehead atoms. The van der Waals surface area contributed by atoms with Crippen LogP contribution in [0, 0.1) is 0 Å². The molecule has 0 fully saturated rings. The third-order valence-corrected chi connectivity index (χ3v) is 1.47. The molecule has 0 aliphatic carbocycles. The normalized spacial score (nSPS) is 11.5. The fraction of sp³-hybridized carbons (Fsp3) is 0.182. The van der Waals surface area contributed by atoms with Crippen molar-refractivity contribution in [2.24, 2.45) is 0 Å². The molecule has 14 heavy (non-hydrogen) atoms. The first-order valence-electron chi connectivity index (χ1n) is 4.24. The molecule has 0 aromatic heterocycles. The predicted octanol–water partition coefficient (Wildman–Crippen LogP) is 2.14. The van der Waals surface area contributed by atoms with Gasteiger partial charge in [0, 0.05) is 6.92 Å². The summed E-state index contributed by atoms with van der Waals surface area (Å²) in [5.74, 6) is 0.240. The van der Waals surface area contributed by atoms with Crippen LogP contribution in [0.1, 0.15) is 6.92 Å². The summed E-state index contributed by atoms with van der Waals surface area (Å²) in [6.45, 7) is 4.83. The summed E-state index contributed by atoms with van der Waals surface area (Å²) in [5, 5.41) is 0. The second kappa shape index (κ2) is 5.07. The Balaban J connectivity index is 2.57. The molecule has 0 saturated carbocycles. The smallest absolute Gasteiger partial charge is 0.305 e. The zero-order valence-electron chi connectivity index (χ0n) is 7.97. The van der Waals surface area contributed by atoms with Crippen LogP contribution in [0.5, 0.6) is 5.75 Å². The Morgan fingerprint density at radius 3 is 2.57 bits per heavy atom. The van der Waals surface area contributed by atoms with Crippen LogP contribution in [-0.2, 0) is 9.53 Å². The van der Waals surface area contributed by atoms with Gasteiger partial charge in [0.05, 0.1) is 0 Å². The van der Waals surface area contributed by atoms with Crippen LogP contribution in [0.2, 0.25) is 0 Å². The van der Waals surface area contributed by atoms with Crippen LogP contribution >= 0.6 is 0 Å². The molecule has 0 heterocycles. The first kappa shape index (κ1) is 10.3. The maximum absolute atomic E-state index is 10.7. The Morgan fingerprint density at radius 2 is 2.07 bits per heavy atom. The lowest BCUT2D eigenvalue weighted by Crippen LogP contribution is -2.20. The van der Waals surface area contributed by atoms with E-state index in [-0.39, 0.29) is 0 Å². The molecule has 1 atom stereocenters. The van der Waals surface area contributed by atoms with Crippen LogP contribution in [0.25, 0.3) is 0 Å². The average Bonchev–Trinajstić information content (AvgIpc) is 2.17. The van der Waals surface area contributed by atoms with E-state index < -0.39 is 12.3 Å². The summed E-state index contributed by atoms with van der Waals surface area (Å²) in [5.41, 5.74) is 0. The van der Waals surface area contributed by atoms with Crippen molar-refractivity contribution in [2.45, 2.75) is 13.2 Å². The van der Waals surface area contributed by atoms with E-state index in [1.54, 1.807) is 12.1 Å². The fourth-order valence-electron chi connectivity index (χ4n) is 0.917. The molecule has 3 heteroatoms. The number of benzene rings is 1. The molecular weight excluding hydrogens is 180 g/mol. The summed E-state index contributed by atoms with van der Waals surface area (Å²) >= 11 is 0. The Bertz CT molecular complexity index is 306. The molecule has 1 aromatic carbocycles. The lowest BCUT2D eigenvalue weighted by molar-refractivity contribution is -0.154. The van der Waals surface area contributed by atoms with Gasteiger partial charge in [-0.25, -0.2) is 0 Å². The Kier molecular flexibility index (Phi) is 3.73. The van der Waals surface area contributed by atoms with E-state index in [1.165, 1.54) is 13.0 Å². The highest BCUT2D eigenvalue weighted by Gasteiger charge is 2.07. The minimum absolute atomic E-state index is 0.397. The molecule has 1 aromatic rings. The molecule has 74 valence electrons. The third kappa shape index (κ3) is 3.31. The summed E-state index contributed by atoms with van der Waals surface area (Å²) in [4.78, 5) is 10.7. The van der Waals surface area contributed by atoms with Crippen molar-refractivity contribution in [3.05, 3.63) is 43.0 Å². The van der Waals surface area contributed by atoms with Gasteiger partial charge in [0.1, 0.15) is 5.75 Å². The van der Waals surface area contributed by atoms with E-state index in [4.69, 9.17) is 9.47 Å². The summed E-state index contributed by atoms with van der Waals surface area (Å²) < 4.78 is 10.1. The van der Waals surface area contributed by atoms with E-state index >= 15 is 0 Å². The van der Waals surface area contributed by atoms with Gasteiger partial charge in [0.2, 0.25) is 0 Å². The third-order valence-electron chi connectivity index (χ3n) is 1.47. The minimum atomic E-state index is -0.727. The van der Waals surface area contributed by atoms with Gasteiger partial charge in [-0.3, -0.25) is 4.79 Å². The van der Waals surface area contributed by atoms with Gasteiger partial charge in [-0.2, -0.15) is 0 Å². The molecule has 3 nitrogen and oxygen atoms in total. The lowest BCUT2D eigenvalue weighted by atomic mass is 10.3. The highest BCUT2D eigenvalue weighted by atomic mass is 16.7. The predicted molar refractivity (Wildman–Crippen MR) is 52.8 cm³/mol. The molecule has 0 radical (unpaired) electrons. The van der Waals surface area contributed by atoms with Gasteiger partial charge in [-0.15, -0.1) is 0 Å². The number of para-hydroxylation sites is 1. The van der Waals surface area contributed by atoms with Gasteiger partial charge in [0.15, 0.2) is 0 Å². The van der Waals surface area contributed by atoms with E-state index in [2.05, 4.69) is 6.58 Å². The number of carbonyl (C=O) groups is 1. The summed E-state index contributed by atoms with van der Waals surface area (Å²) in [6, 6.07) is 9.11. The quantitative estimate of drug-likeness (QED) is 0.416. The zero-order valence-corrected chi connectivity index (χ0v) is 7.97. The van der Waals surface area contributed by atoms with Crippen molar-refractivity contribution in [3.8, 4) is 5.75 Å². The van der Waals surface area contributed by atoms with Crippen LogP contribution in [0.4, 0.5) is 0 Å². The number of rotatable bonds is 4. The molecule has 1 unspecified atom stereocenters. The first-order chi connectivity index (χ1) is 6.72. The highest BCUT2D eigenvalue weighted by molar-refractivity contribution is 5.66. The number of hydrogen-bond acceptors (Lipinski definition) is 3. The standard InChI is InChI=1S/C11H12O3/c1-3-11(13-9(2)12)14-10-7-5-4-6-8-10/h3-8,11H,1H2,2H3. The molecule has 0 saturated heterocycles. The van der Waals surface area contributed by atoms with Crippen molar-refractivity contribution in [1.82, 2.24) is 0 Å². The van der Waals surface area contributed by atoms with E-state index in [0.717, 1.165) is 0 Å². The first-order valence-corrected chi connectivity index (χ1v) is 4.24. The van der Waals surface area contributed by atoms with Gasteiger partial charge in [0.25, 0.3) is 6.29 Å². The SMILES string of the molecule is C=CC(OC(C)=O)Oc1ccccc1. The van der Waals surface area contributed by atoms with Gasteiger partial charge in [-0.1, -0.05) is 24.8 Å². The Morgan fingerprint density at radius 1 is 1.43 bits per heavy atom. The molecule has 0 spiro atoms. The van der Waals surface area contributed by atoms with Gasteiger partial charge < -0.3 is 9.47 Å². The van der Waals surface area contributed by atoms with Crippen molar-refractivity contribution < 1.29 is 14.3 Å². The second-order valence-electron chi connectivity index (χ2n) is 2.64.